The molecule has 2 aromatic rings. The largest absolute Gasteiger partial charge is 0.301 e. The van der Waals surface area contributed by atoms with Gasteiger partial charge >= 0.3 is 0 Å². The molecule has 3 rings (SSSR count). The number of aromatic nitrogens is 1. The van der Waals surface area contributed by atoms with Crippen LogP contribution >= 0.6 is 38.6 Å². The Morgan fingerprint density at radius 3 is 2.74 bits per heavy atom. The Kier molecular flexibility index (Phi) is 4.08. The molecule has 0 spiro atoms. The maximum absolute atomic E-state index is 4.88. The van der Waals surface area contributed by atoms with Crippen LogP contribution in [-0.2, 0) is 12.8 Å². The maximum Gasteiger partial charge on any atom is 0.116 e. The molecule has 0 amide bonds. The van der Waals surface area contributed by atoms with Crippen LogP contribution in [0.1, 0.15) is 46.8 Å². The molecule has 1 unspecified atom stereocenters. The van der Waals surface area contributed by atoms with Crippen molar-refractivity contribution in [1.29, 1.82) is 0 Å². The van der Waals surface area contributed by atoms with E-state index in [1.165, 1.54) is 37.1 Å². The zero-order valence-electron chi connectivity index (χ0n) is 11.1. The third-order valence-electron chi connectivity index (χ3n) is 3.24. The number of rotatable bonds is 4. The van der Waals surface area contributed by atoms with Crippen LogP contribution in [0.5, 0.6) is 0 Å². The van der Waals surface area contributed by atoms with E-state index in [-0.39, 0.29) is 6.04 Å². The fourth-order valence-electron chi connectivity index (χ4n) is 2.43. The summed E-state index contributed by atoms with van der Waals surface area (Å²) in [5, 5.41) is 4.88. The van der Waals surface area contributed by atoms with Crippen LogP contribution in [0.15, 0.2) is 15.9 Å². The third-order valence-corrected chi connectivity index (χ3v) is 6.15. The zero-order valence-corrected chi connectivity index (χ0v) is 14.3. The first-order chi connectivity index (χ1) is 9.13. The third kappa shape index (κ3) is 2.94. The van der Waals surface area contributed by atoms with Crippen molar-refractivity contribution >= 4 is 38.6 Å². The van der Waals surface area contributed by atoms with Crippen LogP contribution in [0.25, 0.3) is 0 Å². The minimum absolute atomic E-state index is 0.242. The summed E-state index contributed by atoms with van der Waals surface area (Å²) in [6, 6.07) is 5.01. The van der Waals surface area contributed by atoms with Crippen LogP contribution < -0.4 is 5.32 Å². The quantitative estimate of drug-likeness (QED) is 0.869. The second kappa shape index (κ2) is 5.64. The van der Waals surface area contributed by atoms with Gasteiger partial charge < -0.3 is 5.32 Å². The molecule has 102 valence electrons. The van der Waals surface area contributed by atoms with Crippen molar-refractivity contribution in [1.82, 2.24) is 10.3 Å². The van der Waals surface area contributed by atoms with Gasteiger partial charge in [-0.05, 0) is 61.2 Å². The zero-order chi connectivity index (χ0) is 13.4. The highest BCUT2D eigenvalue weighted by Crippen LogP contribution is 2.36. The van der Waals surface area contributed by atoms with Gasteiger partial charge in [0.05, 0.1) is 15.5 Å². The van der Waals surface area contributed by atoms with Crippen molar-refractivity contribution in [3.8, 4) is 0 Å². The van der Waals surface area contributed by atoms with E-state index in [0.29, 0.717) is 6.04 Å². The first kappa shape index (κ1) is 13.7. The van der Waals surface area contributed by atoms with Crippen LogP contribution in [0.3, 0.4) is 0 Å². The molecule has 0 fully saturated rings. The van der Waals surface area contributed by atoms with Gasteiger partial charge in [0.15, 0.2) is 0 Å². The molecule has 1 N–H and O–H groups in total. The van der Waals surface area contributed by atoms with E-state index in [0.717, 1.165) is 6.42 Å². The second-order valence-electron chi connectivity index (χ2n) is 5.17. The monoisotopic (exact) mass is 356 g/mol. The normalized spacial score (nSPS) is 16.0. The molecule has 0 aromatic carbocycles. The van der Waals surface area contributed by atoms with Gasteiger partial charge in [0.1, 0.15) is 5.01 Å². The second-order valence-corrected chi connectivity index (χ2v) is 8.78. The molecule has 0 bridgehead atoms. The summed E-state index contributed by atoms with van der Waals surface area (Å²) < 4.78 is 1.18. The Morgan fingerprint density at radius 1 is 1.26 bits per heavy atom. The molecule has 0 saturated heterocycles. The lowest BCUT2D eigenvalue weighted by molar-refractivity contribution is 0.531. The highest BCUT2D eigenvalue weighted by Gasteiger charge is 2.24. The Balaban J connectivity index is 1.93. The summed E-state index contributed by atoms with van der Waals surface area (Å²) >= 11 is 7.25. The molecule has 0 saturated carbocycles. The van der Waals surface area contributed by atoms with Gasteiger partial charge in [-0.25, -0.2) is 4.98 Å². The molecule has 1 aliphatic carbocycles. The van der Waals surface area contributed by atoms with Crippen molar-refractivity contribution in [2.24, 2.45) is 0 Å². The van der Waals surface area contributed by atoms with Crippen molar-refractivity contribution in [3.05, 3.63) is 36.4 Å². The molecule has 2 heterocycles. The Morgan fingerprint density at radius 2 is 2.11 bits per heavy atom. The van der Waals surface area contributed by atoms with E-state index in [1.807, 2.05) is 11.3 Å². The number of nitrogens with one attached hydrogen (secondary N) is 1. The van der Waals surface area contributed by atoms with E-state index in [4.69, 9.17) is 4.98 Å². The summed E-state index contributed by atoms with van der Waals surface area (Å²) in [5.74, 6) is 0. The number of hydrogen-bond acceptors (Lipinski definition) is 4. The average molecular weight is 357 g/mol. The van der Waals surface area contributed by atoms with E-state index >= 15 is 0 Å². The maximum atomic E-state index is 4.88. The summed E-state index contributed by atoms with van der Waals surface area (Å²) in [6.07, 6.45) is 3.66. The molecule has 1 aliphatic rings. The minimum atomic E-state index is 0.242. The molecule has 0 aliphatic heterocycles. The Bertz CT molecular complexity index is 552. The first-order valence-corrected chi connectivity index (χ1v) is 9.06. The number of thiazole rings is 1. The Labute approximate surface area is 130 Å². The molecule has 2 aromatic heterocycles. The topological polar surface area (TPSA) is 24.9 Å². The lowest BCUT2D eigenvalue weighted by Crippen LogP contribution is -2.28. The number of aryl methyl sites for hydroxylation is 2. The van der Waals surface area contributed by atoms with Gasteiger partial charge in [0.25, 0.3) is 0 Å². The number of nitrogens with zero attached hydrogens (tertiary/aromatic N) is 1. The molecule has 5 heteroatoms. The molecule has 19 heavy (non-hydrogen) atoms. The molecular weight excluding hydrogens is 340 g/mol. The highest BCUT2D eigenvalue weighted by molar-refractivity contribution is 9.11. The van der Waals surface area contributed by atoms with Crippen molar-refractivity contribution in [3.63, 3.8) is 0 Å². The van der Waals surface area contributed by atoms with Crippen LogP contribution in [-0.4, -0.2) is 11.0 Å². The van der Waals surface area contributed by atoms with Gasteiger partial charge in [0.2, 0.25) is 0 Å². The summed E-state index contributed by atoms with van der Waals surface area (Å²) in [6.45, 7) is 4.38. The predicted octanol–water partition coefficient (Wildman–Crippen LogP) is 4.54. The van der Waals surface area contributed by atoms with Gasteiger partial charge in [-0.2, -0.15) is 0 Å². The smallest absolute Gasteiger partial charge is 0.116 e. The number of halogens is 1. The van der Waals surface area contributed by atoms with Crippen molar-refractivity contribution in [2.45, 2.75) is 45.2 Å². The SMILES string of the molecule is CC(C)NC(c1ccc(Br)s1)c1nc2c(s1)CCC2. The van der Waals surface area contributed by atoms with Crippen LogP contribution in [0.2, 0.25) is 0 Å². The lowest BCUT2D eigenvalue weighted by atomic mass is 10.2. The molecule has 2 nitrogen and oxygen atoms in total. The van der Waals surface area contributed by atoms with Gasteiger partial charge in [0, 0.05) is 15.8 Å². The highest BCUT2D eigenvalue weighted by atomic mass is 79.9. The van der Waals surface area contributed by atoms with Gasteiger partial charge in [-0.15, -0.1) is 22.7 Å². The standard InChI is InChI=1S/C14H17BrN2S2/c1-8(2)16-13(11-6-7-12(15)18-11)14-17-9-4-3-5-10(9)19-14/h6-8,13,16H,3-5H2,1-2H3. The van der Waals surface area contributed by atoms with Crippen LogP contribution in [0, 0.1) is 0 Å². The van der Waals surface area contributed by atoms with Gasteiger partial charge in [-0.1, -0.05) is 0 Å². The number of hydrogen-bond donors (Lipinski definition) is 1. The van der Waals surface area contributed by atoms with E-state index in [1.54, 1.807) is 11.3 Å². The predicted molar refractivity (Wildman–Crippen MR) is 86.3 cm³/mol. The van der Waals surface area contributed by atoms with E-state index in [2.05, 4.69) is 47.2 Å². The summed E-state index contributed by atoms with van der Waals surface area (Å²) in [7, 11) is 0. The van der Waals surface area contributed by atoms with E-state index < -0.39 is 0 Å². The van der Waals surface area contributed by atoms with Crippen LogP contribution in [0.4, 0.5) is 0 Å². The molecule has 0 radical (unpaired) electrons. The van der Waals surface area contributed by atoms with Crippen molar-refractivity contribution in [2.75, 3.05) is 0 Å². The average Bonchev–Trinajstić information content (AvgIpc) is 2.99. The summed E-state index contributed by atoms with van der Waals surface area (Å²) in [5.41, 5.74) is 1.34. The fraction of sp³-hybridized carbons (Fsp3) is 0.500. The lowest BCUT2D eigenvalue weighted by Gasteiger charge is -2.18. The van der Waals surface area contributed by atoms with E-state index in [9.17, 15) is 0 Å². The Hall–Kier alpha value is -0.230. The number of thiophene rings is 1. The minimum Gasteiger partial charge on any atom is -0.301 e. The first-order valence-electron chi connectivity index (χ1n) is 6.63. The number of fused-ring (bicyclic) bond motifs is 1. The summed E-state index contributed by atoms with van der Waals surface area (Å²) in [4.78, 5) is 7.72. The molecule has 1 atom stereocenters. The van der Waals surface area contributed by atoms with Crippen molar-refractivity contribution < 1.29 is 0 Å². The fourth-order valence-corrected chi connectivity index (χ4v) is 5.22. The molecular formula is C14H17BrN2S2. The van der Waals surface area contributed by atoms with Gasteiger partial charge in [-0.3, -0.25) is 0 Å².